The molecule has 128 valence electrons. The molecule has 1 fully saturated rings. The number of nitrogens with zero attached hydrogens (tertiary/aromatic N) is 2. The van der Waals surface area contributed by atoms with Crippen LogP contribution in [0.5, 0.6) is 0 Å². The van der Waals surface area contributed by atoms with Gasteiger partial charge in [-0.25, -0.2) is 8.42 Å². The molecule has 0 bridgehead atoms. The number of ether oxygens (including phenoxy) is 1. The number of halogens is 2. The van der Waals surface area contributed by atoms with Crippen LogP contribution >= 0.6 is 23.2 Å². The lowest BCUT2D eigenvalue weighted by atomic mass is 10.3. The summed E-state index contributed by atoms with van der Waals surface area (Å²) in [5, 5.41) is 0.448. The largest absolute Gasteiger partial charge is 0.378 e. The Labute approximate surface area is 146 Å². The second-order valence-electron chi connectivity index (χ2n) is 5.15. The standard InChI is InChI=1S/C14H18Cl2N2O4S/c1-23(20,21)18(14-11(15)3-2-4-12(14)16)6-5-13(19)17-7-9-22-10-8-17/h2-4H,5-10H2,1H3. The van der Waals surface area contributed by atoms with Crippen LogP contribution in [-0.2, 0) is 19.6 Å². The molecule has 0 radical (unpaired) electrons. The average molecular weight is 381 g/mol. The number of amides is 1. The molecule has 1 heterocycles. The maximum atomic E-state index is 12.2. The maximum Gasteiger partial charge on any atom is 0.232 e. The predicted octanol–water partition coefficient (Wildman–Crippen LogP) is 2.01. The topological polar surface area (TPSA) is 66.9 Å². The molecule has 6 nitrogen and oxygen atoms in total. The van der Waals surface area contributed by atoms with Gasteiger partial charge in [0.2, 0.25) is 15.9 Å². The first-order chi connectivity index (χ1) is 10.8. The van der Waals surface area contributed by atoms with E-state index in [0.29, 0.717) is 26.3 Å². The summed E-state index contributed by atoms with van der Waals surface area (Å²) in [6.07, 6.45) is 1.11. The van der Waals surface area contributed by atoms with E-state index in [-0.39, 0.29) is 34.6 Å². The summed E-state index contributed by atoms with van der Waals surface area (Å²) >= 11 is 12.2. The lowest BCUT2D eigenvalue weighted by Crippen LogP contribution is -2.42. The number of benzene rings is 1. The van der Waals surface area contributed by atoms with Crippen molar-refractivity contribution in [3.05, 3.63) is 28.2 Å². The van der Waals surface area contributed by atoms with Crippen LogP contribution in [0, 0.1) is 0 Å². The summed E-state index contributed by atoms with van der Waals surface area (Å²) < 4.78 is 30.5. The Morgan fingerprint density at radius 2 is 1.83 bits per heavy atom. The lowest BCUT2D eigenvalue weighted by molar-refractivity contribution is -0.134. The molecule has 1 aliphatic rings. The number of morpholine rings is 1. The predicted molar refractivity (Wildman–Crippen MR) is 90.7 cm³/mol. The molecule has 1 aromatic rings. The van der Waals surface area contributed by atoms with Gasteiger partial charge in [0.1, 0.15) is 0 Å². The Morgan fingerprint density at radius 3 is 2.35 bits per heavy atom. The summed E-state index contributed by atoms with van der Waals surface area (Å²) in [4.78, 5) is 13.9. The van der Waals surface area contributed by atoms with Crippen molar-refractivity contribution in [1.29, 1.82) is 0 Å². The van der Waals surface area contributed by atoms with Crippen molar-refractivity contribution in [3.63, 3.8) is 0 Å². The van der Waals surface area contributed by atoms with Gasteiger partial charge in [-0.3, -0.25) is 9.10 Å². The minimum atomic E-state index is -3.62. The highest BCUT2D eigenvalue weighted by Crippen LogP contribution is 2.35. The van der Waals surface area contributed by atoms with Gasteiger partial charge in [0.05, 0.1) is 35.2 Å². The molecule has 9 heteroatoms. The molecular formula is C14H18Cl2N2O4S. The number of carbonyl (C=O) groups is 1. The fraction of sp³-hybridized carbons (Fsp3) is 0.500. The summed E-state index contributed by atoms with van der Waals surface area (Å²) in [7, 11) is -3.62. The zero-order valence-electron chi connectivity index (χ0n) is 12.7. The van der Waals surface area contributed by atoms with Gasteiger partial charge < -0.3 is 9.64 Å². The Hall–Kier alpha value is -1.02. The fourth-order valence-corrected chi connectivity index (χ4v) is 3.99. The van der Waals surface area contributed by atoms with Gasteiger partial charge in [0, 0.05) is 26.1 Å². The third-order valence-electron chi connectivity index (χ3n) is 3.48. The number of carbonyl (C=O) groups excluding carboxylic acids is 1. The third-order valence-corrected chi connectivity index (χ3v) is 5.26. The van der Waals surface area contributed by atoms with Gasteiger partial charge in [0.25, 0.3) is 0 Å². The molecular weight excluding hydrogens is 363 g/mol. The van der Waals surface area contributed by atoms with Crippen molar-refractivity contribution in [2.75, 3.05) is 43.4 Å². The van der Waals surface area contributed by atoms with E-state index in [4.69, 9.17) is 27.9 Å². The molecule has 0 atom stereocenters. The molecule has 1 aliphatic heterocycles. The summed E-state index contributed by atoms with van der Waals surface area (Å²) in [6, 6.07) is 4.75. The first-order valence-corrected chi connectivity index (χ1v) is 9.68. The van der Waals surface area contributed by atoms with E-state index in [1.807, 2.05) is 0 Å². The summed E-state index contributed by atoms with van der Waals surface area (Å²) in [5.74, 6) is -0.120. The molecule has 1 saturated heterocycles. The number of rotatable bonds is 5. The maximum absolute atomic E-state index is 12.2. The van der Waals surface area contributed by atoms with E-state index < -0.39 is 10.0 Å². The minimum Gasteiger partial charge on any atom is -0.378 e. The van der Waals surface area contributed by atoms with Crippen LogP contribution in [0.15, 0.2) is 18.2 Å². The van der Waals surface area contributed by atoms with Crippen molar-refractivity contribution in [2.45, 2.75) is 6.42 Å². The van der Waals surface area contributed by atoms with Crippen molar-refractivity contribution < 1.29 is 17.9 Å². The first-order valence-electron chi connectivity index (χ1n) is 7.08. The van der Waals surface area contributed by atoms with Gasteiger partial charge in [-0.2, -0.15) is 0 Å². The van der Waals surface area contributed by atoms with Crippen molar-refractivity contribution in [1.82, 2.24) is 4.90 Å². The Kier molecular flexibility index (Phi) is 6.13. The number of hydrogen-bond donors (Lipinski definition) is 0. The third kappa shape index (κ3) is 4.73. The van der Waals surface area contributed by atoms with Crippen molar-refractivity contribution in [3.8, 4) is 0 Å². The molecule has 0 N–H and O–H groups in total. The van der Waals surface area contributed by atoms with E-state index >= 15 is 0 Å². The van der Waals surface area contributed by atoms with Gasteiger partial charge >= 0.3 is 0 Å². The fourth-order valence-electron chi connectivity index (χ4n) is 2.34. The van der Waals surface area contributed by atoms with Crippen LogP contribution in [0.1, 0.15) is 6.42 Å². The van der Waals surface area contributed by atoms with E-state index in [9.17, 15) is 13.2 Å². The summed E-state index contributed by atoms with van der Waals surface area (Å²) in [5.41, 5.74) is 0.202. The minimum absolute atomic E-state index is 0.0154. The van der Waals surface area contributed by atoms with Crippen molar-refractivity contribution in [2.24, 2.45) is 0 Å². The number of anilines is 1. The van der Waals surface area contributed by atoms with Crippen molar-refractivity contribution >= 4 is 44.8 Å². The Bertz CT molecular complexity index is 655. The van der Waals surface area contributed by atoms with Gasteiger partial charge in [-0.15, -0.1) is 0 Å². The van der Waals surface area contributed by atoms with Crippen LogP contribution in [-0.4, -0.2) is 58.3 Å². The second kappa shape index (κ2) is 7.70. The highest BCUT2D eigenvalue weighted by molar-refractivity contribution is 7.92. The zero-order valence-corrected chi connectivity index (χ0v) is 15.0. The Balaban J connectivity index is 2.16. The average Bonchev–Trinajstić information content (AvgIpc) is 2.49. The zero-order chi connectivity index (χ0) is 17.0. The molecule has 0 unspecified atom stereocenters. The number of para-hydroxylation sites is 1. The number of sulfonamides is 1. The van der Waals surface area contributed by atoms with E-state index in [0.717, 1.165) is 10.6 Å². The van der Waals surface area contributed by atoms with E-state index in [1.165, 1.54) is 0 Å². The van der Waals surface area contributed by atoms with Crippen LogP contribution in [0.25, 0.3) is 0 Å². The van der Waals surface area contributed by atoms with E-state index in [2.05, 4.69) is 0 Å². The molecule has 1 amide bonds. The first kappa shape index (κ1) is 18.3. The molecule has 0 spiro atoms. The van der Waals surface area contributed by atoms with Crippen LogP contribution in [0.3, 0.4) is 0 Å². The highest BCUT2D eigenvalue weighted by atomic mass is 35.5. The second-order valence-corrected chi connectivity index (χ2v) is 7.87. The molecule has 2 rings (SSSR count). The normalized spacial score (nSPS) is 15.5. The van der Waals surface area contributed by atoms with Crippen LogP contribution < -0.4 is 4.31 Å². The lowest BCUT2D eigenvalue weighted by Gasteiger charge is -2.29. The molecule has 0 aromatic heterocycles. The smallest absolute Gasteiger partial charge is 0.232 e. The highest BCUT2D eigenvalue weighted by Gasteiger charge is 2.25. The van der Waals surface area contributed by atoms with Crippen LogP contribution in [0.4, 0.5) is 5.69 Å². The van der Waals surface area contributed by atoms with Gasteiger partial charge in [0.15, 0.2) is 0 Å². The Morgan fingerprint density at radius 1 is 1.26 bits per heavy atom. The SMILES string of the molecule is CS(=O)(=O)N(CCC(=O)N1CCOCC1)c1c(Cl)cccc1Cl. The molecule has 1 aromatic carbocycles. The van der Waals surface area contributed by atoms with E-state index in [1.54, 1.807) is 23.1 Å². The monoisotopic (exact) mass is 380 g/mol. The van der Waals surface area contributed by atoms with Crippen LogP contribution in [0.2, 0.25) is 10.0 Å². The molecule has 0 aliphatic carbocycles. The number of hydrogen-bond acceptors (Lipinski definition) is 4. The van der Waals surface area contributed by atoms with Gasteiger partial charge in [-0.05, 0) is 12.1 Å². The quantitative estimate of drug-likeness (QED) is 0.783. The molecule has 23 heavy (non-hydrogen) atoms. The van der Waals surface area contributed by atoms with Gasteiger partial charge in [-0.1, -0.05) is 29.3 Å². The molecule has 0 saturated carbocycles. The summed E-state index contributed by atoms with van der Waals surface area (Å²) in [6.45, 7) is 2.02.